The largest absolute Gasteiger partial charge is 0.274 e. The van der Waals surface area contributed by atoms with Crippen LogP contribution in [0.3, 0.4) is 0 Å². The molecule has 0 saturated carbocycles. The van der Waals surface area contributed by atoms with Crippen LogP contribution in [-0.4, -0.2) is 14.8 Å². The number of hydrogen-bond acceptors (Lipinski definition) is 4. The molecule has 0 bridgehead atoms. The Kier molecular flexibility index (Phi) is 3.50. The van der Waals surface area contributed by atoms with Gasteiger partial charge in [-0.1, -0.05) is 23.7 Å². The summed E-state index contributed by atoms with van der Waals surface area (Å²) in [6.45, 7) is 1.93. The zero-order chi connectivity index (χ0) is 15.0. The standard InChI is InChI=1S/C15H11ClN4S/c1-9-14(13-11(7-17)8-20(2)19-13)21-15(18-9)10-3-5-12(16)6-4-10/h3-6,8H,1-2H3. The molecule has 0 N–H and O–H groups in total. The van der Waals surface area contributed by atoms with Gasteiger partial charge in [-0.15, -0.1) is 11.3 Å². The van der Waals surface area contributed by atoms with Crippen LogP contribution in [0.2, 0.25) is 5.02 Å². The molecule has 0 aliphatic heterocycles. The maximum Gasteiger partial charge on any atom is 0.124 e. The minimum atomic E-state index is 0.562. The number of benzene rings is 1. The Morgan fingerprint density at radius 2 is 2.00 bits per heavy atom. The number of thiazole rings is 1. The first-order chi connectivity index (χ1) is 10.1. The summed E-state index contributed by atoms with van der Waals surface area (Å²) in [6.07, 6.45) is 1.72. The van der Waals surface area contributed by atoms with Gasteiger partial charge in [0.1, 0.15) is 16.8 Å². The summed E-state index contributed by atoms with van der Waals surface area (Å²) in [7, 11) is 1.81. The highest BCUT2D eigenvalue weighted by atomic mass is 35.5. The number of nitrogens with zero attached hydrogens (tertiary/aromatic N) is 4. The van der Waals surface area contributed by atoms with Gasteiger partial charge in [-0.25, -0.2) is 4.98 Å². The lowest BCUT2D eigenvalue weighted by atomic mass is 10.2. The summed E-state index contributed by atoms with van der Waals surface area (Å²) in [5, 5.41) is 15.2. The van der Waals surface area contributed by atoms with E-state index >= 15 is 0 Å². The zero-order valence-corrected chi connectivity index (χ0v) is 13.0. The van der Waals surface area contributed by atoms with E-state index in [1.165, 1.54) is 11.3 Å². The van der Waals surface area contributed by atoms with Gasteiger partial charge in [0.25, 0.3) is 0 Å². The first kappa shape index (κ1) is 13.8. The second-order valence-corrected chi connectivity index (χ2v) is 6.05. The van der Waals surface area contributed by atoms with Crippen molar-refractivity contribution >= 4 is 22.9 Å². The van der Waals surface area contributed by atoms with Crippen LogP contribution in [0.25, 0.3) is 21.1 Å². The number of rotatable bonds is 2. The lowest BCUT2D eigenvalue weighted by Crippen LogP contribution is -1.87. The van der Waals surface area contributed by atoms with E-state index in [0.717, 1.165) is 21.1 Å². The molecule has 0 amide bonds. The second kappa shape index (κ2) is 5.32. The van der Waals surface area contributed by atoms with Gasteiger partial charge >= 0.3 is 0 Å². The van der Waals surface area contributed by atoms with E-state index in [9.17, 15) is 5.26 Å². The van der Waals surface area contributed by atoms with Crippen molar-refractivity contribution in [3.8, 4) is 27.2 Å². The van der Waals surface area contributed by atoms with Crippen LogP contribution < -0.4 is 0 Å². The van der Waals surface area contributed by atoms with Crippen LogP contribution in [0, 0.1) is 18.3 Å². The third kappa shape index (κ3) is 2.56. The van der Waals surface area contributed by atoms with Crippen molar-refractivity contribution in [1.29, 1.82) is 5.26 Å². The molecule has 2 heterocycles. The van der Waals surface area contributed by atoms with Crippen LogP contribution in [0.4, 0.5) is 0 Å². The van der Waals surface area contributed by atoms with Gasteiger partial charge in [0.15, 0.2) is 0 Å². The highest BCUT2D eigenvalue weighted by Crippen LogP contribution is 2.36. The maximum atomic E-state index is 9.20. The lowest BCUT2D eigenvalue weighted by molar-refractivity contribution is 0.771. The molecule has 4 nitrogen and oxygen atoms in total. The normalized spacial score (nSPS) is 10.6. The highest BCUT2D eigenvalue weighted by molar-refractivity contribution is 7.18. The van der Waals surface area contributed by atoms with Crippen molar-refractivity contribution in [1.82, 2.24) is 14.8 Å². The molecule has 0 radical (unpaired) electrons. The third-order valence-corrected chi connectivity index (χ3v) is 4.52. The summed E-state index contributed by atoms with van der Waals surface area (Å²) in [6, 6.07) is 9.74. The summed E-state index contributed by atoms with van der Waals surface area (Å²) in [5.41, 5.74) is 3.13. The van der Waals surface area contributed by atoms with E-state index in [0.29, 0.717) is 16.3 Å². The monoisotopic (exact) mass is 314 g/mol. The van der Waals surface area contributed by atoms with E-state index in [1.807, 2.05) is 31.2 Å². The smallest absolute Gasteiger partial charge is 0.124 e. The Bertz CT molecular complexity index is 840. The summed E-state index contributed by atoms with van der Waals surface area (Å²) in [5.74, 6) is 0. The molecule has 0 atom stereocenters. The molecule has 104 valence electrons. The van der Waals surface area contributed by atoms with E-state index in [2.05, 4.69) is 16.2 Å². The highest BCUT2D eigenvalue weighted by Gasteiger charge is 2.17. The van der Waals surface area contributed by atoms with Crippen molar-refractivity contribution < 1.29 is 0 Å². The van der Waals surface area contributed by atoms with E-state index < -0.39 is 0 Å². The second-order valence-electron chi connectivity index (χ2n) is 4.62. The van der Waals surface area contributed by atoms with Gasteiger partial charge < -0.3 is 0 Å². The SMILES string of the molecule is Cc1nc(-c2ccc(Cl)cc2)sc1-c1nn(C)cc1C#N. The van der Waals surface area contributed by atoms with Crippen molar-refractivity contribution in [3.63, 3.8) is 0 Å². The van der Waals surface area contributed by atoms with Gasteiger partial charge in [0, 0.05) is 23.8 Å². The van der Waals surface area contributed by atoms with E-state index in [1.54, 1.807) is 17.9 Å². The molecule has 0 aliphatic carbocycles. The molecule has 3 aromatic rings. The Labute approximate surface area is 131 Å². The van der Waals surface area contributed by atoms with Crippen LogP contribution in [-0.2, 0) is 7.05 Å². The maximum absolute atomic E-state index is 9.20. The quantitative estimate of drug-likeness (QED) is 0.717. The Morgan fingerprint density at radius 3 is 2.67 bits per heavy atom. The van der Waals surface area contributed by atoms with Crippen LogP contribution in [0.15, 0.2) is 30.5 Å². The molecule has 0 fully saturated rings. The number of hydrogen-bond donors (Lipinski definition) is 0. The van der Waals surface area contributed by atoms with E-state index in [4.69, 9.17) is 11.6 Å². The minimum Gasteiger partial charge on any atom is -0.274 e. The Morgan fingerprint density at radius 1 is 1.29 bits per heavy atom. The molecule has 0 aliphatic rings. The van der Waals surface area contributed by atoms with Crippen LogP contribution >= 0.6 is 22.9 Å². The molecular formula is C15H11ClN4S. The molecule has 6 heteroatoms. The topological polar surface area (TPSA) is 54.5 Å². The minimum absolute atomic E-state index is 0.562. The predicted molar refractivity (Wildman–Crippen MR) is 84.2 cm³/mol. The predicted octanol–water partition coefficient (Wildman–Crippen LogP) is 4.04. The average molecular weight is 315 g/mol. The summed E-state index contributed by atoms with van der Waals surface area (Å²) >= 11 is 7.44. The van der Waals surface area contributed by atoms with Gasteiger partial charge in [0.05, 0.1) is 16.1 Å². The van der Waals surface area contributed by atoms with Crippen LogP contribution in [0.5, 0.6) is 0 Å². The van der Waals surface area contributed by atoms with Crippen molar-refractivity contribution in [2.45, 2.75) is 6.92 Å². The fourth-order valence-corrected chi connectivity index (χ4v) is 3.27. The lowest BCUT2D eigenvalue weighted by Gasteiger charge is -1.95. The summed E-state index contributed by atoms with van der Waals surface area (Å²) < 4.78 is 1.65. The molecule has 1 aromatic carbocycles. The first-order valence-corrected chi connectivity index (χ1v) is 7.45. The van der Waals surface area contributed by atoms with Gasteiger partial charge in [0.2, 0.25) is 0 Å². The molecule has 0 saturated heterocycles. The first-order valence-electron chi connectivity index (χ1n) is 6.26. The molecule has 2 aromatic heterocycles. The van der Waals surface area contributed by atoms with Crippen molar-refractivity contribution in [2.75, 3.05) is 0 Å². The number of aromatic nitrogens is 3. The molecule has 0 spiro atoms. The molecule has 21 heavy (non-hydrogen) atoms. The third-order valence-electron chi connectivity index (χ3n) is 3.05. The van der Waals surface area contributed by atoms with Gasteiger partial charge in [-0.05, 0) is 19.1 Å². The van der Waals surface area contributed by atoms with Crippen molar-refractivity contribution in [3.05, 3.63) is 46.7 Å². The molecule has 3 rings (SSSR count). The van der Waals surface area contributed by atoms with Crippen LogP contribution in [0.1, 0.15) is 11.3 Å². The zero-order valence-electron chi connectivity index (χ0n) is 11.5. The van der Waals surface area contributed by atoms with Gasteiger partial charge in [-0.3, -0.25) is 4.68 Å². The number of nitriles is 1. The number of aryl methyl sites for hydroxylation is 2. The average Bonchev–Trinajstić information content (AvgIpc) is 3.02. The Balaban J connectivity index is 2.10. The van der Waals surface area contributed by atoms with Crippen molar-refractivity contribution in [2.24, 2.45) is 7.05 Å². The molecule has 0 unspecified atom stereocenters. The Hall–Kier alpha value is -2.16. The van der Waals surface area contributed by atoms with Gasteiger partial charge in [-0.2, -0.15) is 10.4 Å². The fourth-order valence-electron chi connectivity index (χ4n) is 2.07. The fraction of sp³-hybridized carbons (Fsp3) is 0.133. The summed E-state index contributed by atoms with van der Waals surface area (Å²) in [4.78, 5) is 5.52. The molecular weight excluding hydrogens is 304 g/mol. The van der Waals surface area contributed by atoms with E-state index in [-0.39, 0.29) is 0 Å². The number of halogens is 1.